The third-order valence-corrected chi connectivity index (χ3v) is 2.82. The van der Waals surface area contributed by atoms with E-state index in [1.807, 2.05) is 0 Å². The molecule has 1 saturated heterocycles. The molecule has 55 valence electrons. The highest BCUT2D eigenvalue weighted by molar-refractivity contribution is 5.08. The summed E-state index contributed by atoms with van der Waals surface area (Å²) < 4.78 is 0. The Morgan fingerprint density at radius 3 is 2.50 bits per heavy atom. The quantitative estimate of drug-likeness (QED) is 0.450. The Kier molecular flexibility index (Phi) is 1.53. The standard InChI is InChI=1S/C9H14N/c1-2-4-9(3-1)5-7-10-8-6-9/h1,3H,2,4-8H2. The Bertz CT molecular complexity index is 143. The number of hydrogen-bond donors (Lipinski definition) is 0. The van der Waals surface area contributed by atoms with Gasteiger partial charge in [-0.15, -0.1) is 0 Å². The lowest BCUT2D eigenvalue weighted by Crippen LogP contribution is -2.30. The van der Waals surface area contributed by atoms with Gasteiger partial charge in [0.05, 0.1) is 0 Å². The molecule has 1 aliphatic heterocycles. The molecule has 0 unspecified atom stereocenters. The zero-order chi connectivity index (χ0) is 6.86. The monoisotopic (exact) mass is 136 g/mol. The predicted octanol–water partition coefficient (Wildman–Crippen LogP) is 1.72. The molecule has 1 spiro atoms. The Balaban J connectivity index is 2.05. The highest BCUT2D eigenvalue weighted by Gasteiger charge is 2.31. The highest BCUT2D eigenvalue weighted by Crippen LogP contribution is 2.39. The van der Waals surface area contributed by atoms with Gasteiger partial charge in [0.15, 0.2) is 0 Å². The van der Waals surface area contributed by atoms with Crippen molar-refractivity contribution in [3.05, 3.63) is 12.2 Å². The first-order chi connectivity index (χ1) is 4.91. The molecule has 1 radical (unpaired) electrons. The van der Waals surface area contributed by atoms with Crippen molar-refractivity contribution in [1.29, 1.82) is 0 Å². The SMILES string of the molecule is C1=CC2(CC1)CC[N]CC2. The van der Waals surface area contributed by atoms with Gasteiger partial charge in [0.25, 0.3) is 0 Å². The van der Waals surface area contributed by atoms with Crippen LogP contribution < -0.4 is 5.32 Å². The molecule has 1 aliphatic carbocycles. The van der Waals surface area contributed by atoms with Crippen molar-refractivity contribution in [2.24, 2.45) is 5.41 Å². The van der Waals surface area contributed by atoms with E-state index < -0.39 is 0 Å². The van der Waals surface area contributed by atoms with E-state index in [9.17, 15) is 0 Å². The average Bonchev–Trinajstić information content (AvgIpc) is 2.39. The van der Waals surface area contributed by atoms with Gasteiger partial charge in [0.1, 0.15) is 0 Å². The van der Waals surface area contributed by atoms with Crippen molar-refractivity contribution < 1.29 is 0 Å². The van der Waals surface area contributed by atoms with Crippen molar-refractivity contribution >= 4 is 0 Å². The molecule has 1 heterocycles. The molecule has 0 bridgehead atoms. The Hall–Kier alpha value is -0.300. The van der Waals surface area contributed by atoms with Crippen LogP contribution in [-0.4, -0.2) is 13.1 Å². The fourth-order valence-corrected chi connectivity index (χ4v) is 2.04. The summed E-state index contributed by atoms with van der Waals surface area (Å²) in [6, 6.07) is 0. The molecule has 2 aliphatic rings. The van der Waals surface area contributed by atoms with Gasteiger partial charge in [-0.1, -0.05) is 12.2 Å². The van der Waals surface area contributed by atoms with Gasteiger partial charge in [-0.05, 0) is 31.1 Å². The second kappa shape index (κ2) is 2.39. The summed E-state index contributed by atoms with van der Waals surface area (Å²) in [5.74, 6) is 0. The van der Waals surface area contributed by atoms with Crippen molar-refractivity contribution in [2.75, 3.05) is 13.1 Å². The Labute approximate surface area is 62.5 Å². The largest absolute Gasteiger partial charge is 0.242 e. The summed E-state index contributed by atoms with van der Waals surface area (Å²) in [5.41, 5.74) is 0.599. The van der Waals surface area contributed by atoms with Gasteiger partial charge in [0, 0.05) is 13.1 Å². The molecule has 1 heteroatoms. The third kappa shape index (κ3) is 0.988. The zero-order valence-electron chi connectivity index (χ0n) is 6.34. The van der Waals surface area contributed by atoms with Crippen LogP contribution in [0.2, 0.25) is 0 Å². The summed E-state index contributed by atoms with van der Waals surface area (Å²) in [4.78, 5) is 0. The van der Waals surface area contributed by atoms with Crippen LogP contribution in [0.1, 0.15) is 25.7 Å². The summed E-state index contributed by atoms with van der Waals surface area (Å²) in [5, 5.41) is 4.36. The van der Waals surface area contributed by atoms with E-state index in [1.165, 1.54) is 25.7 Å². The van der Waals surface area contributed by atoms with Crippen LogP contribution in [0.5, 0.6) is 0 Å². The number of hydrogen-bond acceptors (Lipinski definition) is 0. The molecule has 0 atom stereocenters. The second-order valence-electron chi connectivity index (χ2n) is 3.47. The van der Waals surface area contributed by atoms with E-state index in [0.717, 1.165) is 13.1 Å². The van der Waals surface area contributed by atoms with E-state index >= 15 is 0 Å². The lowest BCUT2D eigenvalue weighted by atomic mass is 9.79. The fraction of sp³-hybridized carbons (Fsp3) is 0.778. The minimum Gasteiger partial charge on any atom is -0.242 e. The normalized spacial score (nSPS) is 29.6. The molecule has 2 rings (SSSR count). The maximum Gasteiger partial charge on any atom is 0.0141 e. The molecule has 0 amide bonds. The van der Waals surface area contributed by atoms with Crippen LogP contribution in [0.3, 0.4) is 0 Å². The van der Waals surface area contributed by atoms with Crippen LogP contribution in [-0.2, 0) is 0 Å². The molecular formula is C9H14N. The topological polar surface area (TPSA) is 14.1 Å². The van der Waals surface area contributed by atoms with Crippen molar-refractivity contribution in [2.45, 2.75) is 25.7 Å². The summed E-state index contributed by atoms with van der Waals surface area (Å²) in [6.45, 7) is 2.20. The van der Waals surface area contributed by atoms with Crippen LogP contribution in [0.4, 0.5) is 0 Å². The lowest BCUT2D eigenvalue weighted by Gasteiger charge is -2.31. The molecule has 0 aromatic carbocycles. The number of allylic oxidation sites excluding steroid dienone is 2. The van der Waals surface area contributed by atoms with Crippen molar-refractivity contribution in [3.8, 4) is 0 Å². The van der Waals surface area contributed by atoms with Crippen LogP contribution in [0, 0.1) is 5.41 Å². The van der Waals surface area contributed by atoms with E-state index in [-0.39, 0.29) is 0 Å². The molecule has 1 fully saturated rings. The highest BCUT2D eigenvalue weighted by atomic mass is 14.9. The van der Waals surface area contributed by atoms with Crippen LogP contribution in [0.25, 0.3) is 0 Å². The van der Waals surface area contributed by atoms with Crippen molar-refractivity contribution in [1.82, 2.24) is 5.32 Å². The maximum atomic E-state index is 4.36. The zero-order valence-corrected chi connectivity index (χ0v) is 6.34. The summed E-state index contributed by atoms with van der Waals surface area (Å²) >= 11 is 0. The van der Waals surface area contributed by atoms with Gasteiger partial charge in [-0.25, -0.2) is 5.32 Å². The first kappa shape index (κ1) is 6.41. The smallest absolute Gasteiger partial charge is 0.0141 e. The third-order valence-electron chi connectivity index (χ3n) is 2.82. The first-order valence-corrected chi connectivity index (χ1v) is 4.22. The molecule has 10 heavy (non-hydrogen) atoms. The van der Waals surface area contributed by atoms with Crippen LogP contribution >= 0.6 is 0 Å². The predicted molar refractivity (Wildman–Crippen MR) is 41.9 cm³/mol. The number of rotatable bonds is 0. The number of piperidine rings is 1. The molecular weight excluding hydrogens is 122 g/mol. The Morgan fingerprint density at radius 1 is 1.10 bits per heavy atom. The minimum absolute atomic E-state index is 0.599. The van der Waals surface area contributed by atoms with E-state index in [1.54, 1.807) is 0 Å². The van der Waals surface area contributed by atoms with Crippen molar-refractivity contribution in [3.63, 3.8) is 0 Å². The molecule has 0 aromatic rings. The van der Waals surface area contributed by atoms with E-state index in [4.69, 9.17) is 0 Å². The number of nitrogens with zero attached hydrogens (tertiary/aromatic N) is 1. The summed E-state index contributed by atoms with van der Waals surface area (Å²) in [6.07, 6.45) is 10.1. The second-order valence-corrected chi connectivity index (χ2v) is 3.47. The summed E-state index contributed by atoms with van der Waals surface area (Å²) in [7, 11) is 0. The molecule has 0 aromatic heterocycles. The van der Waals surface area contributed by atoms with Gasteiger partial charge < -0.3 is 0 Å². The first-order valence-electron chi connectivity index (χ1n) is 4.22. The molecule has 1 nitrogen and oxygen atoms in total. The van der Waals surface area contributed by atoms with E-state index in [0.29, 0.717) is 5.41 Å². The van der Waals surface area contributed by atoms with Crippen LogP contribution in [0.15, 0.2) is 12.2 Å². The Morgan fingerprint density at radius 2 is 1.90 bits per heavy atom. The average molecular weight is 136 g/mol. The minimum atomic E-state index is 0.599. The van der Waals surface area contributed by atoms with E-state index in [2.05, 4.69) is 17.5 Å². The maximum absolute atomic E-state index is 4.36. The molecule has 0 saturated carbocycles. The van der Waals surface area contributed by atoms with Gasteiger partial charge in [-0.3, -0.25) is 0 Å². The molecule has 0 N–H and O–H groups in total. The van der Waals surface area contributed by atoms with Gasteiger partial charge in [0.2, 0.25) is 0 Å². The fourth-order valence-electron chi connectivity index (χ4n) is 2.04. The van der Waals surface area contributed by atoms with Gasteiger partial charge in [-0.2, -0.15) is 0 Å². The lowest BCUT2D eigenvalue weighted by molar-refractivity contribution is 0.265. The van der Waals surface area contributed by atoms with Gasteiger partial charge >= 0.3 is 0 Å².